The quantitative estimate of drug-likeness (QED) is 0.744. The van der Waals surface area contributed by atoms with Crippen LogP contribution in [-0.2, 0) is 9.59 Å². The Kier molecular flexibility index (Phi) is 5.74. The summed E-state index contributed by atoms with van der Waals surface area (Å²) in [5.41, 5.74) is -1.29. The van der Waals surface area contributed by atoms with Crippen molar-refractivity contribution in [3.8, 4) is 11.5 Å². The summed E-state index contributed by atoms with van der Waals surface area (Å²) in [5, 5.41) is 3.06. The summed E-state index contributed by atoms with van der Waals surface area (Å²) in [6.45, 7) is 3.95. The smallest absolute Gasteiger partial charge is 0.282 e. The number of ether oxygens (including phenoxy) is 2. The lowest BCUT2D eigenvalue weighted by Crippen LogP contribution is -2.61. The van der Waals surface area contributed by atoms with E-state index in [-0.39, 0.29) is 0 Å². The Bertz CT molecular complexity index is 905. The fourth-order valence-corrected chi connectivity index (χ4v) is 3.20. The van der Waals surface area contributed by atoms with Gasteiger partial charge in [0, 0.05) is 18.4 Å². The summed E-state index contributed by atoms with van der Waals surface area (Å²) < 4.78 is 10.9. The van der Waals surface area contributed by atoms with Crippen LogP contribution in [0.3, 0.4) is 0 Å². The fourth-order valence-electron chi connectivity index (χ4n) is 2.94. The Hall–Kier alpha value is -2.80. The van der Waals surface area contributed by atoms with Crippen LogP contribution >= 0.6 is 11.6 Å². The van der Waals surface area contributed by atoms with E-state index in [1.165, 1.54) is 18.9 Å². The van der Waals surface area contributed by atoms with Crippen LogP contribution in [0.25, 0.3) is 0 Å². The zero-order valence-electron chi connectivity index (χ0n) is 16.0. The molecule has 0 unspecified atom stereocenters. The molecule has 0 aliphatic carbocycles. The first-order valence-corrected chi connectivity index (χ1v) is 9.39. The van der Waals surface area contributed by atoms with E-state index in [9.17, 15) is 9.59 Å². The lowest BCUT2D eigenvalue weighted by molar-refractivity contribution is -0.145. The molecule has 1 aliphatic rings. The maximum absolute atomic E-state index is 13.2. The number of halogens is 1. The van der Waals surface area contributed by atoms with Crippen LogP contribution < -0.4 is 19.7 Å². The lowest BCUT2D eigenvalue weighted by Gasteiger charge is -2.38. The number of hydrogen-bond donors (Lipinski definition) is 1. The van der Waals surface area contributed by atoms with Crippen molar-refractivity contribution in [1.29, 1.82) is 0 Å². The van der Waals surface area contributed by atoms with Gasteiger partial charge < -0.3 is 14.8 Å². The predicted molar refractivity (Wildman–Crippen MR) is 107 cm³/mol. The third-order valence-corrected chi connectivity index (χ3v) is 4.85. The average molecular weight is 404 g/mol. The van der Waals surface area contributed by atoms with E-state index in [1.807, 2.05) is 6.92 Å². The minimum absolute atomic E-state index is 0.348. The lowest BCUT2D eigenvalue weighted by atomic mass is 10.0. The molecule has 8 heteroatoms. The number of amides is 2. The number of aromatic nitrogens is 1. The molecule has 1 aromatic carbocycles. The molecule has 1 atom stereocenters. The fraction of sp³-hybridized carbons (Fsp3) is 0.350. The zero-order chi connectivity index (χ0) is 20.3. The van der Waals surface area contributed by atoms with Crippen LogP contribution in [0.1, 0.15) is 26.7 Å². The van der Waals surface area contributed by atoms with Crippen molar-refractivity contribution in [1.82, 2.24) is 4.98 Å². The number of anilines is 2. The van der Waals surface area contributed by atoms with Gasteiger partial charge >= 0.3 is 0 Å². The SMILES string of the molecule is CCCCN1C(=O)[C@](C)(C(=O)Nc2ccc(OC)c(Cl)c2)Oc2cccnc21. The second-order valence-corrected chi connectivity index (χ2v) is 6.98. The first kappa shape index (κ1) is 19.9. The van der Waals surface area contributed by atoms with Gasteiger partial charge in [0.1, 0.15) is 5.75 Å². The molecule has 7 nitrogen and oxygen atoms in total. The van der Waals surface area contributed by atoms with Gasteiger partial charge in [0.25, 0.3) is 17.4 Å². The molecule has 28 heavy (non-hydrogen) atoms. The van der Waals surface area contributed by atoms with Crippen LogP contribution in [0.15, 0.2) is 36.5 Å². The number of benzene rings is 1. The van der Waals surface area contributed by atoms with Crippen LogP contribution in [0.2, 0.25) is 5.02 Å². The molecule has 0 saturated heterocycles. The van der Waals surface area contributed by atoms with Crippen LogP contribution in [0.5, 0.6) is 11.5 Å². The Balaban J connectivity index is 1.90. The Morgan fingerprint density at radius 2 is 2.18 bits per heavy atom. The van der Waals surface area contributed by atoms with Gasteiger partial charge in [0.15, 0.2) is 11.6 Å². The van der Waals surface area contributed by atoms with Gasteiger partial charge in [0.05, 0.1) is 12.1 Å². The van der Waals surface area contributed by atoms with Gasteiger partial charge in [-0.15, -0.1) is 0 Å². The molecule has 0 radical (unpaired) electrons. The van der Waals surface area contributed by atoms with Gasteiger partial charge in [-0.25, -0.2) is 4.98 Å². The average Bonchev–Trinajstić information content (AvgIpc) is 2.68. The van der Waals surface area contributed by atoms with E-state index >= 15 is 0 Å². The van der Waals surface area contributed by atoms with E-state index in [0.29, 0.717) is 34.6 Å². The number of carbonyl (C=O) groups excluding carboxylic acids is 2. The molecule has 2 heterocycles. The molecular weight excluding hydrogens is 382 g/mol. The van der Waals surface area contributed by atoms with Crippen molar-refractivity contribution in [3.63, 3.8) is 0 Å². The molecule has 2 amide bonds. The molecule has 1 N–H and O–H groups in total. The van der Waals surface area contributed by atoms with Crippen LogP contribution in [0.4, 0.5) is 11.5 Å². The summed E-state index contributed by atoms with van der Waals surface area (Å²) >= 11 is 6.12. The molecule has 2 aromatic rings. The largest absolute Gasteiger partial charge is 0.495 e. The van der Waals surface area contributed by atoms with Crippen molar-refractivity contribution in [2.45, 2.75) is 32.3 Å². The van der Waals surface area contributed by atoms with E-state index in [0.717, 1.165) is 12.8 Å². The summed E-state index contributed by atoms with van der Waals surface area (Å²) in [6.07, 6.45) is 3.28. The minimum atomic E-state index is -1.73. The van der Waals surface area contributed by atoms with Crippen molar-refractivity contribution in [3.05, 3.63) is 41.6 Å². The van der Waals surface area contributed by atoms with Crippen molar-refractivity contribution >= 4 is 34.9 Å². The second-order valence-electron chi connectivity index (χ2n) is 6.57. The molecule has 1 aromatic heterocycles. The zero-order valence-corrected chi connectivity index (χ0v) is 16.7. The summed E-state index contributed by atoms with van der Waals surface area (Å²) in [4.78, 5) is 32.0. The van der Waals surface area contributed by atoms with Gasteiger partial charge in [-0.2, -0.15) is 0 Å². The van der Waals surface area contributed by atoms with E-state index < -0.39 is 17.4 Å². The third kappa shape index (κ3) is 3.62. The minimum Gasteiger partial charge on any atom is -0.495 e. The highest BCUT2D eigenvalue weighted by molar-refractivity contribution is 6.32. The van der Waals surface area contributed by atoms with Crippen LogP contribution in [-0.4, -0.2) is 36.1 Å². The topological polar surface area (TPSA) is 80.8 Å². The Morgan fingerprint density at radius 3 is 2.86 bits per heavy atom. The van der Waals surface area contributed by atoms with Gasteiger partial charge in [0.2, 0.25) is 0 Å². The summed E-state index contributed by atoms with van der Waals surface area (Å²) in [5.74, 6) is 0.267. The number of nitrogens with one attached hydrogen (secondary N) is 1. The first-order chi connectivity index (χ1) is 13.4. The highest BCUT2D eigenvalue weighted by Gasteiger charge is 2.51. The van der Waals surface area contributed by atoms with Gasteiger partial charge in [-0.1, -0.05) is 24.9 Å². The van der Waals surface area contributed by atoms with E-state index in [4.69, 9.17) is 21.1 Å². The number of rotatable bonds is 6. The summed E-state index contributed by atoms with van der Waals surface area (Å²) in [7, 11) is 1.51. The third-order valence-electron chi connectivity index (χ3n) is 4.55. The van der Waals surface area contributed by atoms with Crippen molar-refractivity contribution < 1.29 is 19.1 Å². The maximum atomic E-state index is 13.2. The molecule has 1 aliphatic heterocycles. The molecule has 0 saturated carbocycles. The number of nitrogens with zero attached hydrogens (tertiary/aromatic N) is 2. The van der Waals surface area contributed by atoms with Crippen molar-refractivity contribution in [2.75, 3.05) is 23.9 Å². The molecule has 148 valence electrons. The summed E-state index contributed by atoms with van der Waals surface area (Å²) in [6, 6.07) is 8.23. The highest BCUT2D eigenvalue weighted by Crippen LogP contribution is 2.37. The predicted octanol–water partition coefficient (Wildman–Crippen LogP) is 3.67. The molecule has 3 rings (SSSR count). The standard InChI is InChI=1S/C20H22ClN3O4/c1-4-5-11-24-17-16(7-6-10-22-17)28-20(2,19(24)26)18(25)23-13-8-9-15(27-3)14(21)12-13/h6-10,12H,4-5,11H2,1-3H3,(H,23,25)/t20-/m0/s1. The highest BCUT2D eigenvalue weighted by atomic mass is 35.5. The molecule has 0 spiro atoms. The number of methoxy groups -OCH3 is 1. The van der Waals surface area contributed by atoms with Gasteiger partial charge in [-0.3, -0.25) is 14.5 Å². The van der Waals surface area contributed by atoms with E-state index in [1.54, 1.807) is 36.5 Å². The Labute approximate surface area is 168 Å². The maximum Gasteiger partial charge on any atom is 0.282 e. The second kappa shape index (κ2) is 8.06. The number of hydrogen-bond acceptors (Lipinski definition) is 5. The molecule has 0 bridgehead atoms. The van der Waals surface area contributed by atoms with Crippen molar-refractivity contribution in [2.24, 2.45) is 0 Å². The number of fused-ring (bicyclic) bond motifs is 1. The molecular formula is C20H22ClN3O4. The number of carbonyl (C=O) groups is 2. The van der Waals surface area contributed by atoms with E-state index in [2.05, 4.69) is 10.3 Å². The first-order valence-electron chi connectivity index (χ1n) is 9.01. The normalized spacial score (nSPS) is 18.3. The molecule has 0 fully saturated rings. The number of pyridine rings is 1. The number of unbranched alkanes of at least 4 members (excludes halogenated alkanes) is 1. The monoisotopic (exact) mass is 403 g/mol. The Morgan fingerprint density at radius 1 is 1.39 bits per heavy atom. The van der Waals surface area contributed by atoms with Crippen LogP contribution in [0, 0.1) is 0 Å². The van der Waals surface area contributed by atoms with Gasteiger partial charge in [-0.05, 0) is 43.7 Å².